The fraction of sp³-hybridized carbons (Fsp3) is 0.222. The zero-order valence-corrected chi connectivity index (χ0v) is 20.1. The number of ether oxygens (including phenoxy) is 1. The van der Waals surface area contributed by atoms with Crippen LogP contribution >= 0.6 is 12.2 Å². The van der Waals surface area contributed by atoms with Crippen LogP contribution < -0.4 is 15.6 Å². The van der Waals surface area contributed by atoms with Crippen LogP contribution in [0, 0.1) is 0 Å². The van der Waals surface area contributed by atoms with E-state index in [1.165, 1.54) is 7.11 Å². The Balaban J connectivity index is 1.65. The summed E-state index contributed by atoms with van der Waals surface area (Å²) in [5.41, 5.74) is 5.65. The van der Waals surface area contributed by atoms with Crippen molar-refractivity contribution in [2.75, 3.05) is 18.6 Å². The van der Waals surface area contributed by atoms with Crippen LogP contribution in [0.25, 0.3) is 0 Å². The second kappa shape index (κ2) is 9.48. The van der Waals surface area contributed by atoms with Gasteiger partial charge in [-0.1, -0.05) is 78.9 Å². The molecule has 1 saturated heterocycles. The van der Waals surface area contributed by atoms with E-state index in [2.05, 4.69) is 10.7 Å². The summed E-state index contributed by atoms with van der Waals surface area (Å²) < 4.78 is 4.87. The topological polar surface area (TPSA) is 73.9 Å². The van der Waals surface area contributed by atoms with Crippen molar-refractivity contribution in [3.8, 4) is 0 Å². The molecule has 178 valence electrons. The first-order valence-electron chi connectivity index (χ1n) is 11.5. The van der Waals surface area contributed by atoms with Crippen molar-refractivity contribution in [2.24, 2.45) is 0 Å². The maximum absolute atomic E-state index is 14.5. The van der Waals surface area contributed by atoms with Gasteiger partial charge in [-0.25, -0.2) is 5.01 Å². The van der Waals surface area contributed by atoms with Gasteiger partial charge >= 0.3 is 5.97 Å². The van der Waals surface area contributed by atoms with Gasteiger partial charge in [-0.2, -0.15) is 0 Å². The molecule has 0 saturated carbocycles. The number of thiocarbonyl (C=S) groups is 1. The number of carbonyl (C=O) groups is 2. The molecule has 5 rings (SSSR count). The van der Waals surface area contributed by atoms with Crippen molar-refractivity contribution in [3.63, 3.8) is 0 Å². The average molecular weight is 487 g/mol. The zero-order valence-electron chi connectivity index (χ0n) is 19.3. The first kappa shape index (κ1) is 23.0. The lowest BCUT2D eigenvalue weighted by atomic mass is 9.79. The number of rotatable bonds is 6. The quantitative estimate of drug-likeness (QED) is 0.409. The maximum atomic E-state index is 14.5. The predicted octanol–water partition coefficient (Wildman–Crippen LogP) is 3.43. The first-order chi connectivity index (χ1) is 17.0. The van der Waals surface area contributed by atoms with Gasteiger partial charge in [0.1, 0.15) is 0 Å². The number of hydrogen-bond donors (Lipinski definition) is 2. The van der Waals surface area contributed by atoms with Gasteiger partial charge in [0.2, 0.25) is 0 Å². The van der Waals surface area contributed by atoms with Crippen molar-refractivity contribution in [3.05, 3.63) is 102 Å². The van der Waals surface area contributed by atoms with E-state index < -0.39 is 11.6 Å². The average Bonchev–Trinajstić information content (AvgIpc) is 3.11. The molecule has 2 atom stereocenters. The molecular weight excluding hydrogens is 460 g/mol. The minimum Gasteiger partial charge on any atom is -0.469 e. The minimum absolute atomic E-state index is 0.0941. The molecule has 0 aromatic heterocycles. The van der Waals surface area contributed by atoms with Gasteiger partial charge in [0, 0.05) is 12.1 Å². The fourth-order valence-corrected chi connectivity index (χ4v) is 5.33. The number of nitrogens with zero attached hydrogens (tertiary/aromatic N) is 2. The highest BCUT2D eigenvalue weighted by Gasteiger charge is 2.60. The molecule has 1 spiro atoms. The summed E-state index contributed by atoms with van der Waals surface area (Å²) in [6, 6.07) is 27.1. The Morgan fingerprint density at radius 3 is 2.37 bits per heavy atom. The molecule has 3 aromatic rings. The number of amides is 1. The minimum atomic E-state index is -1.18. The number of benzene rings is 3. The van der Waals surface area contributed by atoms with Crippen molar-refractivity contribution >= 4 is 34.9 Å². The largest absolute Gasteiger partial charge is 0.469 e. The van der Waals surface area contributed by atoms with Crippen LogP contribution in [0.4, 0.5) is 5.69 Å². The summed E-state index contributed by atoms with van der Waals surface area (Å²) in [5, 5.41) is 5.57. The summed E-state index contributed by atoms with van der Waals surface area (Å²) in [7, 11) is 1.37. The molecule has 35 heavy (non-hydrogen) atoms. The van der Waals surface area contributed by atoms with E-state index >= 15 is 0 Å². The van der Waals surface area contributed by atoms with Crippen LogP contribution in [0.15, 0.2) is 84.9 Å². The normalized spacial score (nSPS) is 21.4. The Bertz CT molecular complexity index is 1250. The molecule has 0 aliphatic carbocycles. The highest BCUT2D eigenvalue weighted by Crippen LogP contribution is 2.50. The molecule has 7 nitrogen and oxygen atoms in total. The van der Waals surface area contributed by atoms with Gasteiger partial charge in [0.15, 0.2) is 10.7 Å². The monoisotopic (exact) mass is 486 g/mol. The van der Waals surface area contributed by atoms with Crippen molar-refractivity contribution in [1.29, 1.82) is 0 Å². The van der Waals surface area contributed by atoms with Gasteiger partial charge in [-0.15, -0.1) is 0 Å². The first-order valence-corrected chi connectivity index (χ1v) is 11.9. The molecule has 8 heteroatoms. The van der Waals surface area contributed by atoms with E-state index in [0.29, 0.717) is 18.2 Å². The van der Waals surface area contributed by atoms with Crippen molar-refractivity contribution in [1.82, 2.24) is 15.8 Å². The fourth-order valence-electron chi connectivity index (χ4n) is 5.06. The molecule has 1 amide bonds. The number of para-hydroxylation sites is 1. The molecule has 2 aliphatic rings. The lowest BCUT2D eigenvalue weighted by Crippen LogP contribution is -2.70. The second-order valence-corrected chi connectivity index (χ2v) is 9.01. The number of nitrogens with one attached hydrogen (secondary N) is 2. The molecular formula is C27H26N4O3S. The molecule has 2 N–H and O–H groups in total. The summed E-state index contributed by atoms with van der Waals surface area (Å²) in [4.78, 5) is 28.3. The lowest BCUT2D eigenvalue weighted by molar-refractivity contribution is -0.141. The van der Waals surface area contributed by atoms with Gasteiger partial charge in [-0.3, -0.25) is 15.0 Å². The number of hydrazine groups is 1. The van der Waals surface area contributed by atoms with Crippen molar-refractivity contribution < 1.29 is 14.3 Å². The third kappa shape index (κ3) is 4.05. The number of carbonyl (C=O) groups excluding carboxylic acids is 2. The Morgan fingerprint density at radius 2 is 1.66 bits per heavy atom. The van der Waals surface area contributed by atoms with E-state index in [4.69, 9.17) is 17.0 Å². The van der Waals surface area contributed by atoms with E-state index in [9.17, 15) is 9.59 Å². The van der Waals surface area contributed by atoms with E-state index in [0.717, 1.165) is 22.4 Å². The number of hydrogen-bond acceptors (Lipinski definition) is 5. The predicted molar refractivity (Wildman–Crippen MR) is 137 cm³/mol. The maximum Gasteiger partial charge on any atom is 0.306 e. The van der Waals surface area contributed by atoms with Crippen molar-refractivity contribution in [2.45, 2.75) is 24.5 Å². The molecule has 2 heterocycles. The van der Waals surface area contributed by atoms with Crippen LogP contribution in [0.2, 0.25) is 0 Å². The van der Waals surface area contributed by atoms with E-state index in [1.807, 2.05) is 94.8 Å². The highest BCUT2D eigenvalue weighted by molar-refractivity contribution is 7.80. The Labute approximate surface area is 209 Å². The van der Waals surface area contributed by atoms with Gasteiger partial charge < -0.3 is 15.0 Å². The van der Waals surface area contributed by atoms with Crippen LogP contribution in [0.5, 0.6) is 0 Å². The number of anilines is 1. The lowest BCUT2D eigenvalue weighted by Gasteiger charge is -2.48. The highest BCUT2D eigenvalue weighted by atomic mass is 32.1. The van der Waals surface area contributed by atoms with Crippen LogP contribution in [-0.4, -0.2) is 35.7 Å². The molecule has 0 bridgehead atoms. The van der Waals surface area contributed by atoms with Crippen LogP contribution in [-0.2, 0) is 26.4 Å². The van der Waals surface area contributed by atoms with E-state index in [-0.39, 0.29) is 18.3 Å². The third-order valence-electron chi connectivity index (χ3n) is 6.56. The Kier molecular flexibility index (Phi) is 6.23. The molecule has 0 unspecified atom stereocenters. The van der Waals surface area contributed by atoms with Gasteiger partial charge in [0.25, 0.3) is 5.91 Å². The van der Waals surface area contributed by atoms with E-state index in [1.54, 1.807) is 0 Å². The summed E-state index contributed by atoms with van der Waals surface area (Å²) in [6.07, 6.45) is 0.148. The summed E-state index contributed by atoms with van der Waals surface area (Å²) in [5.74, 6) is -0.427. The van der Waals surface area contributed by atoms with Gasteiger partial charge in [-0.05, 0) is 29.4 Å². The molecule has 2 aliphatic heterocycles. The molecule has 3 aromatic carbocycles. The number of methoxy groups -OCH3 is 1. The standard InChI is InChI=1S/C27H26N4O3S/c1-34-23(32)16-17-31-24(20-12-6-3-7-13-20)27(28-26(35)29-31)21-14-8-9-15-22(21)30(25(27)33)18-19-10-4-2-5-11-19/h2-15,24H,16-18H2,1H3,(H2,28,29,35)/t24-,27+/m0/s1. The third-order valence-corrected chi connectivity index (χ3v) is 6.76. The summed E-state index contributed by atoms with van der Waals surface area (Å²) in [6.45, 7) is 0.744. The molecule has 1 fully saturated rings. The van der Waals surface area contributed by atoms with Gasteiger partial charge in [0.05, 0.1) is 31.8 Å². The number of fused-ring (bicyclic) bond motifs is 2. The summed E-state index contributed by atoms with van der Waals surface area (Å²) >= 11 is 5.60. The second-order valence-electron chi connectivity index (χ2n) is 8.60. The zero-order chi connectivity index (χ0) is 24.4. The smallest absolute Gasteiger partial charge is 0.306 e. The molecule has 0 radical (unpaired) electrons. The van der Waals surface area contributed by atoms with Crippen LogP contribution in [0.1, 0.15) is 29.2 Å². The number of esters is 1. The van der Waals surface area contributed by atoms with Crippen LogP contribution in [0.3, 0.4) is 0 Å². The SMILES string of the molecule is COC(=O)CCN1NC(=S)N[C@@]2(C(=O)N(Cc3ccccc3)c3ccccc32)[C@@H]1c1ccccc1. The Morgan fingerprint density at radius 1 is 1.00 bits per heavy atom. The Hall–Kier alpha value is -3.75.